The molecule has 8 heteroatoms. The first kappa shape index (κ1) is 21.4. The lowest BCUT2D eigenvalue weighted by Crippen LogP contribution is -2.37. The van der Waals surface area contributed by atoms with Gasteiger partial charge in [-0.3, -0.25) is 0 Å². The highest BCUT2D eigenvalue weighted by Gasteiger charge is 2.24. The van der Waals surface area contributed by atoms with E-state index in [2.05, 4.69) is 5.32 Å². The fourth-order valence-corrected chi connectivity index (χ4v) is 2.91. The van der Waals surface area contributed by atoms with Crippen LogP contribution in [0.4, 0.5) is 14.9 Å². The number of morpholine rings is 1. The van der Waals surface area contributed by atoms with Crippen LogP contribution in [-0.4, -0.2) is 58.4 Å². The normalized spacial score (nSPS) is 14.5. The van der Waals surface area contributed by atoms with Gasteiger partial charge < -0.3 is 29.2 Å². The predicted molar refractivity (Wildman–Crippen MR) is 99.9 cm³/mol. The van der Waals surface area contributed by atoms with Crippen molar-refractivity contribution in [3.05, 3.63) is 23.5 Å². The Hall–Kier alpha value is -1.90. The number of ether oxygens (including phenoxy) is 4. The number of amides is 1. The quantitative estimate of drug-likeness (QED) is 0.660. The standard InChI is InChI=1S/C19H29FN2O5/c1-4-21-19(23)27-16-8-7-15(22-9-11-24-12-10-22)18(20)14(16)13-17(25-5-2)26-6-3/h7-8,17H,4-6,9-13H2,1-3H3,(H,21,23). The number of anilines is 1. The third-order valence-corrected chi connectivity index (χ3v) is 4.13. The number of rotatable bonds is 9. The molecule has 27 heavy (non-hydrogen) atoms. The van der Waals surface area contributed by atoms with E-state index in [1.807, 2.05) is 18.7 Å². The van der Waals surface area contributed by atoms with Crippen molar-refractivity contribution in [2.75, 3.05) is 51.0 Å². The molecule has 1 fully saturated rings. The Morgan fingerprint density at radius 2 is 1.89 bits per heavy atom. The number of benzene rings is 1. The summed E-state index contributed by atoms with van der Waals surface area (Å²) in [5.41, 5.74) is 0.723. The van der Waals surface area contributed by atoms with E-state index < -0.39 is 18.2 Å². The molecule has 0 radical (unpaired) electrons. The van der Waals surface area contributed by atoms with Gasteiger partial charge >= 0.3 is 6.09 Å². The van der Waals surface area contributed by atoms with E-state index in [4.69, 9.17) is 18.9 Å². The maximum atomic E-state index is 15.4. The zero-order valence-electron chi connectivity index (χ0n) is 16.3. The van der Waals surface area contributed by atoms with E-state index >= 15 is 4.39 Å². The molecule has 0 unspecified atom stereocenters. The number of nitrogens with zero attached hydrogens (tertiary/aromatic N) is 1. The third kappa shape index (κ3) is 6.05. The van der Waals surface area contributed by atoms with Crippen LogP contribution in [-0.2, 0) is 20.6 Å². The Morgan fingerprint density at radius 3 is 2.48 bits per heavy atom. The van der Waals surface area contributed by atoms with Crippen molar-refractivity contribution in [3.63, 3.8) is 0 Å². The van der Waals surface area contributed by atoms with Gasteiger partial charge in [0.1, 0.15) is 5.75 Å². The summed E-state index contributed by atoms with van der Waals surface area (Å²) in [6.45, 7) is 9.06. The molecule has 0 aliphatic carbocycles. The summed E-state index contributed by atoms with van der Waals surface area (Å²) in [6.07, 6.45) is -1.10. The van der Waals surface area contributed by atoms with E-state index in [1.54, 1.807) is 19.1 Å². The molecule has 1 aromatic rings. The number of nitrogens with one attached hydrogen (secondary N) is 1. The van der Waals surface area contributed by atoms with E-state index in [-0.39, 0.29) is 17.7 Å². The van der Waals surface area contributed by atoms with Gasteiger partial charge in [0.15, 0.2) is 12.1 Å². The SMILES string of the molecule is CCNC(=O)Oc1ccc(N2CCOCC2)c(F)c1CC(OCC)OCC. The van der Waals surface area contributed by atoms with Gasteiger partial charge in [0.2, 0.25) is 0 Å². The first-order valence-corrected chi connectivity index (χ1v) is 9.43. The summed E-state index contributed by atoms with van der Waals surface area (Å²) >= 11 is 0. The first-order valence-electron chi connectivity index (χ1n) is 9.43. The third-order valence-electron chi connectivity index (χ3n) is 4.13. The second-order valence-electron chi connectivity index (χ2n) is 5.94. The van der Waals surface area contributed by atoms with E-state index in [0.717, 1.165) is 0 Å². The van der Waals surface area contributed by atoms with Gasteiger partial charge in [0, 0.05) is 44.8 Å². The summed E-state index contributed by atoms with van der Waals surface area (Å²) in [5, 5.41) is 2.55. The van der Waals surface area contributed by atoms with Gasteiger partial charge in [0.25, 0.3) is 0 Å². The molecule has 0 saturated carbocycles. The van der Waals surface area contributed by atoms with Crippen molar-refractivity contribution in [1.82, 2.24) is 5.32 Å². The molecule has 0 atom stereocenters. The summed E-state index contributed by atoms with van der Waals surface area (Å²) < 4.78 is 37.2. The van der Waals surface area contributed by atoms with Gasteiger partial charge in [0.05, 0.1) is 18.9 Å². The second-order valence-corrected chi connectivity index (χ2v) is 5.94. The molecular weight excluding hydrogens is 355 g/mol. The van der Waals surface area contributed by atoms with Crippen LogP contribution < -0.4 is 15.0 Å². The van der Waals surface area contributed by atoms with Crippen molar-refractivity contribution >= 4 is 11.8 Å². The zero-order valence-corrected chi connectivity index (χ0v) is 16.3. The molecule has 0 spiro atoms. The van der Waals surface area contributed by atoms with Crippen LogP contribution in [0.3, 0.4) is 0 Å². The average Bonchev–Trinajstić information content (AvgIpc) is 2.66. The number of hydrogen-bond donors (Lipinski definition) is 1. The molecule has 1 aliphatic rings. The summed E-state index contributed by atoms with van der Waals surface area (Å²) in [5.74, 6) is -0.261. The van der Waals surface area contributed by atoms with Crippen LogP contribution in [0.25, 0.3) is 0 Å². The summed E-state index contributed by atoms with van der Waals surface area (Å²) in [4.78, 5) is 13.8. The van der Waals surface area contributed by atoms with Gasteiger partial charge in [-0.05, 0) is 32.9 Å². The molecule has 1 amide bonds. The van der Waals surface area contributed by atoms with Gasteiger partial charge in [-0.15, -0.1) is 0 Å². The van der Waals surface area contributed by atoms with Crippen molar-refractivity contribution in [3.8, 4) is 5.75 Å². The Balaban J connectivity index is 2.34. The minimum absolute atomic E-state index is 0.139. The Kier molecular flexibility index (Phi) is 8.77. The van der Waals surface area contributed by atoms with E-state index in [0.29, 0.717) is 51.7 Å². The van der Waals surface area contributed by atoms with Crippen molar-refractivity contribution in [1.29, 1.82) is 0 Å². The highest BCUT2D eigenvalue weighted by molar-refractivity contribution is 5.71. The molecule has 7 nitrogen and oxygen atoms in total. The maximum absolute atomic E-state index is 15.4. The number of carbonyl (C=O) groups is 1. The van der Waals surface area contributed by atoms with Crippen LogP contribution in [0.5, 0.6) is 5.75 Å². The number of carbonyl (C=O) groups excluding carboxylic acids is 1. The Morgan fingerprint density at radius 1 is 1.22 bits per heavy atom. The lowest BCUT2D eigenvalue weighted by molar-refractivity contribution is -0.135. The van der Waals surface area contributed by atoms with Crippen molar-refractivity contribution < 1.29 is 28.1 Å². The second kappa shape index (κ2) is 11.1. The van der Waals surface area contributed by atoms with Crippen LogP contribution in [0.2, 0.25) is 0 Å². The minimum Gasteiger partial charge on any atom is -0.410 e. The Bertz CT molecular complexity index is 602. The molecule has 1 aliphatic heterocycles. The van der Waals surface area contributed by atoms with Gasteiger partial charge in [-0.2, -0.15) is 0 Å². The molecular formula is C19H29FN2O5. The predicted octanol–water partition coefficient (Wildman–Crippen LogP) is 2.71. The van der Waals surface area contributed by atoms with Gasteiger partial charge in [-0.1, -0.05) is 0 Å². The smallest absolute Gasteiger partial charge is 0.410 e. The molecule has 1 aromatic carbocycles. The molecule has 1 heterocycles. The van der Waals surface area contributed by atoms with Crippen molar-refractivity contribution in [2.45, 2.75) is 33.5 Å². The van der Waals surface area contributed by atoms with Crippen LogP contribution in [0, 0.1) is 5.82 Å². The Labute approximate surface area is 159 Å². The average molecular weight is 384 g/mol. The molecule has 1 N–H and O–H groups in total. The van der Waals surface area contributed by atoms with E-state index in [9.17, 15) is 4.79 Å². The lowest BCUT2D eigenvalue weighted by atomic mass is 10.1. The molecule has 0 bridgehead atoms. The highest BCUT2D eigenvalue weighted by Crippen LogP contribution is 2.32. The molecule has 152 valence electrons. The van der Waals surface area contributed by atoms with E-state index in [1.165, 1.54) is 0 Å². The lowest BCUT2D eigenvalue weighted by Gasteiger charge is -2.30. The number of halogens is 1. The molecule has 2 rings (SSSR count). The van der Waals surface area contributed by atoms with Crippen LogP contribution >= 0.6 is 0 Å². The summed E-state index contributed by atoms with van der Waals surface area (Å²) in [6, 6.07) is 3.25. The largest absolute Gasteiger partial charge is 0.412 e. The van der Waals surface area contributed by atoms with Crippen LogP contribution in [0.1, 0.15) is 26.3 Å². The minimum atomic E-state index is -0.623. The molecule has 0 aromatic heterocycles. The fraction of sp³-hybridized carbons (Fsp3) is 0.632. The topological polar surface area (TPSA) is 69.3 Å². The number of hydrogen-bond acceptors (Lipinski definition) is 6. The van der Waals surface area contributed by atoms with Gasteiger partial charge in [-0.25, -0.2) is 9.18 Å². The summed E-state index contributed by atoms with van der Waals surface area (Å²) in [7, 11) is 0. The first-order chi connectivity index (χ1) is 13.1. The zero-order chi connectivity index (χ0) is 19.6. The van der Waals surface area contributed by atoms with Crippen molar-refractivity contribution in [2.24, 2.45) is 0 Å². The monoisotopic (exact) mass is 384 g/mol. The fourth-order valence-electron chi connectivity index (χ4n) is 2.91. The highest BCUT2D eigenvalue weighted by atomic mass is 19.1. The van der Waals surface area contributed by atoms with Crippen LogP contribution in [0.15, 0.2) is 12.1 Å². The molecule has 1 saturated heterocycles. The maximum Gasteiger partial charge on any atom is 0.412 e.